The first-order valence-corrected chi connectivity index (χ1v) is 6.10. The second-order valence-electron chi connectivity index (χ2n) is 4.59. The van der Waals surface area contributed by atoms with Gasteiger partial charge in [-0.05, 0) is 30.3 Å². The average molecular weight is 253 g/mol. The molecule has 2 N–H and O–H groups in total. The molecule has 0 fully saturated rings. The highest BCUT2D eigenvalue weighted by molar-refractivity contribution is 5.93. The lowest BCUT2D eigenvalue weighted by atomic mass is 10.1. The second kappa shape index (κ2) is 4.65. The molecular formula is C15H15N3O. The van der Waals surface area contributed by atoms with Crippen molar-refractivity contribution >= 4 is 22.3 Å². The standard InChI is InChI=1S/C15H15N3O/c1-18(9-11-5-7-19-10-11)15-4-6-17-14-8-12(16)2-3-13(14)15/h2-8,10H,9,16H2,1H3. The first kappa shape index (κ1) is 11.6. The van der Waals surface area contributed by atoms with Gasteiger partial charge in [0.1, 0.15) is 0 Å². The van der Waals surface area contributed by atoms with E-state index in [-0.39, 0.29) is 0 Å². The number of aromatic nitrogens is 1. The summed E-state index contributed by atoms with van der Waals surface area (Å²) >= 11 is 0. The Labute approximate surface area is 111 Å². The summed E-state index contributed by atoms with van der Waals surface area (Å²) in [5, 5.41) is 1.10. The third-order valence-electron chi connectivity index (χ3n) is 3.15. The fraction of sp³-hybridized carbons (Fsp3) is 0.133. The van der Waals surface area contributed by atoms with Crippen molar-refractivity contribution in [2.24, 2.45) is 0 Å². The smallest absolute Gasteiger partial charge is 0.0952 e. The van der Waals surface area contributed by atoms with E-state index >= 15 is 0 Å². The van der Waals surface area contributed by atoms with Crippen LogP contribution in [0.2, 0.25) is 0 Å². The van der Waals surface area contributed by atoms with Crippen LogP contribution in [-0.4, -0.2) is 12.0 Å². The number of pyridine rings is 1. The third kappa shape index (κ3) is 2.25. The zero-order chi connectivity index (χ0) is 13.2. The molecule has 0 amide bonds. The SMILES string of the molecule is CN(Cc1ccoc1)c1ccnc2cc(N)ccc12. The van der Waals surface area contributed by atoms with Gasteiger partial charge in [0, 0.05) is 42.1 Å². The summed E-state index contributed by atoms with van der Waals surface area (Å²) in [7, 11) is 2.05. The monoisotopic (exact) mass is 253 g/mol. The van der Waals surface area contributed by atoms with Crippen molar-refractivity contribution in [1.82, 2.24) is 4.98 Å². The fourth-order valence-electron chi connectivity index (χ4n) is 2.22. The molecule has 3 aromatic rings. The minimum absolute atomic E-state index is 0.731. The van der Waals surface area contributed by atoms with Crippen molar-refractivity contribution in [2.75, 3.05) is 17.7 Å². The van der Waals surface area contributed by atoms with Gasteiger partial charge in [0.05, 0.1) is 18.0 Å². The van der Waals surface area contributed by atoms with Gasteiger partial charge in [-0.25, -0.2) is 0 Å². The van der Waals surface area contributed by atoms with Gasteiger partial charge < -0.3 is 15.1 Å². The largest absolute Gasteiger partial charge is 0.472 e. The van der Waals surface area contributed by atoms with E-state index in [0.717, 1.165) is 34.4 Å². The van der Waals surface area contributed by atoms with Crippen molar-refractivity contribution in [2.45, 2.75) is 6.54 Å². The number of nitrogens with two attached hydrogens (primary N) is 1. The van der Waals surface area contributed by atoms with E-state index in [0.29, 0.717) is 0 Å². The highest BCUT2D eigenvalue weighted by Crippen LogP contribution is 2.26. The minimum Gasteiger partial charge on any atom is -0.472 e. The zero-order valence-corrected chi connectivity index (χ0v) is 10.7. The molecule has 0 unspecified atom stereocenters. The number of hydrogen-bond acceptors (Lipinski definition) is 4. The fourth-order valence-corrected chi connectivity index (χ4v) is 2.22. The van der Waals surface area contributed by atoms with Crippen molar-refractivity contribution < 1.29 is 4.42 Å². The van der Waals surface area contributed by atoms with E-state index < -0.39 is 0 Å². The van der Waals surface area contributed by atoms with Crippen LogP contribution < -0.4 is 10.6 Å². The molecule has 96 valence electrons. The van der Waals surface area contributed by atoms with Crippen molar-refractivity contribution in [1.29, 1.82) is 0 Å². The van der Waals surface area contributed by atoms with Gasteiger partial charge in [-0.15, -0.1) is 0 Å². The average Bonchev–Trinajstić information content (AvgIpc) is 2.90. The van der Waals surface area contributed by atoms with Gasteiger partial charge in [0.2, 0.25) is 0 Å². The summed E-state index contributed by atoms with van der Waals surface area (Å²) in [5.74, 6) is 0. The Hall–Kier alpha value is -2.49. The van der Waals surface area contributed by atoms with Crippen molar-refractivity contribution in [3.63, 3.8) is 0 Å². The van der Waals surface area contributed by atoms with Gasteiger partial charge in [-0.1, -0.05) is 0 Å². The molecule has 2 heterocycles. The van der Waals surface area contributed by atoms with E-state index in [1.165, 1.54) is 0 Å². The van der Waals surface area contributed by atoms with Crippen LogP contribution in [0.1, 0.15) is 5.56 Å². The topological polar surface area (TPSA) is 55.3 Å². The highest BCUT2D eigenvalue weighted by atomic mass is 16.3. The number of nitrogens with zero attached hydrogens (tertiary/aromatic N) is 2. The van der Waals surface area contributed by atoms with Gasteiger partial charge in [-0.3, -0.25) is 4.98 Å². The Kier molecular flexibility index (Phi) is 2.83. The van der Waals surface area contributed by atoms with Crippen LogP contribution >= 0.6 is 0 Å². The lowest BCUT2D eigenvalue weighted by Crippen LogP contribution is -2.16. The van der Waals surface area contributed by atoms with Gasteiger partial charge >= 0.3 is 0 Å². The lowest BCUT2D eigenvalue weighted by Gasteiger charge is -2.20. The quantitative estimate of drug-likeness (QED) is 0.729. The predicted octanol–water partition coefficient (Wildman–Crippen LogP) is 3.05. The molecule has 4 nitrogen and oxygen atoms in total. The van der Waals surface area contributed by atoms with Crippen LogP contribution in [0, 0.1) is 0 Å². The number of furan rings is 1. The molecule has 0 bridgehead atoms. The number of rotatable bonds is 3. The van der Waals surface area contributed by atoms with Crippen LogP contribution in [0.5, 0.6) is 0 Å². The maximum atomic E-state index is 5.79. The molecule has 0 radical (unpaired) electrons. The summed E-state index contributed by atoms with van der Waals surface area (Å²) in [6.07, 6.45) is 5.26. The van der Waals surface area contributed by atoms with Crippen molar-refractivity contribution in [3.8, 4) is 0 Å². The number of hydrogen-bond donors (Lipinski definition) is 1. The van der Waals surface area contributed by atoms with Crippen molar-refractivity contribution in [3.05, 3.63) is 54.6 Å². The first-order valence-electron chi connectivity index (χ1n) is 6.10. The van der Waals surface area contributed by atoms with E-state index in [1.54, 1.807) is 12.5 Å². The van der Waals surface area contributed by atoms with Gasteiger partial charge in [0.25, 0.3) is 0 Å². The molecule has 0 aliphatic rings. The van der Waals surface area contributed by atoms with Crippen LogP contribution in [0.25, 0.3) is 10.9 Å². The van der Waals surface area contributed by atoms with Gasteiger partial charge in [0.15, 0.2) is 0 Å². The highest BCUT2D eigenvalue weighted by Gasteiger charge is 2.08. The molecule has 2 aromatic heterocycles. The van der Waals surface area contributed by atoms with Crippen LogP contribution in [0.3, 0.4) is 0 Å². The Bertz CT molecular complexity index is 692. The molecule has 3 rings (SSSR count). The lowest BCUT2D eigenvalue weighted by molar-refractivity contribution is 0.563. The molecule has 0 aliphatic heterocycles. The molecule has 0 aliphatic carbocycles. The molecular weight excluding hydrogens is 238 g/mol. The Morgan fingerprint density at radius 3 is 2.95 bits per heavy atom. The number of anilines is 2. The van der Waals surface area contributed by atoms with Crippen LogP contribution in [0.4, 0.5) is 11.4 Å². The Morgan fingerprint density at radius 1 is 1.26 bits per heavy atom. The second-order valence-corrected chi connectivity index (χ2v) is 4.59. The van der Waals surface area contributed by atoms with Gasteiger partial charge in [-0.2, -0.15) is 0 Å². The Balaban J connectivity index is 2.00. The molecule has 0 saturated heterocycles. The summed E-state index contributed by atoms with van der Waals surface area (Å²) in [6.45, 7) is 0.792. The maximum Gasteiger partial charge on any atom is 0.0952 e. The van der Waals surface area contributed by atoms with Crippen LogP contribution in [-0.2, 0) is 6.54 Å². The molecule has 19 heavy (non-hydrogen) atoms. The summed E-state index contributed by atoms with van der Waals surface area (Å²) in [5.41, 5.74) is 9.71. The molecule has 1 aromatic carbocycles. The first-order chi connectivity index (χ1) is 9.24. The zero-order valence-electron chi connectivity index (χ0n) is 10.7. The van der Waals surface area contributed by atoms with Crippen LogP contribution in [0.15, 0.2) is 53.5 Å². The molecule has 0 spiro atoms. The molecule has 0 saturated carbocycles. The molecule has 0 atom stereocenters. The number of fused-ring (bicyclic) bond motifs is 1. The Morgan fingerprint density at radius 2 is 2.16 bits per heavy atom. The van der Waals surface area contributed by atoms with E-state index in [2.05, 4.69) is 16.9 Å². The van der Waals surface area contributed by atoms with E-state index in [9.17, 15) is 0 Å². The number of nitrogen functional groups attached to an aromatic ring is 1. The normalized spacial score (nSPS) is 10.8. The summed E-state index contributed by atoms with van der Waals surface area (Å²) < 4.78 is 5.10. The summed E-state index contributed by atoms with van der Waals surface area (Å²) in [6, 6.07) is 9.79. The van der Waals surface area contributed by atoms with E-state index in [4.69, 9.17) is 10.2 Å². The maximum absolute atomic E-state index is 5.79. The molecule has 4 heteroatoms. The number of benzene rings is 1. The third-order valence-corrected chi connectivity index (χ3v) is 3.15. The minimum atomic E-state index is 0.731. The predicted molar refractivity (Wildman–Crippen MR) is 77.0 cm³/mol. The summed E-state index contributed by atoms with van der Waals surface area (Å²) in [4.78, 5) is 6.53. The van der Waals surface area contributed by atoms with E-state index in [1.807, 2.05) is 36.5 Å².